The maximum atomic E-state index is 10.3. The van der Waals surface area contributed by atoms with Crippen LogP contribution in [0.3, 0.4) is 0 Å². The summed E-state index contributed by atoms with van der Waals surface area (Å²) in [6.45, 7) is 3.70. The van der Waals surface area contributed by atoms with E-state index in [1.165, 1.54) is 32.2 Å². The van der Waals surface area contributed by atoms with Crippen molar-refractivity contribution in [1.29, 1.82) is 0 Å². The van der Waals surface area contributed by atoms with Crippen molar-refractivity contribution in [1.82, 2.24) is 4.90 Å². The van der Waals surface area contributed by atoms with E-state index in [2.05, 4.69) is 4.90 Å². The molecule has 1 saturated carbocycles. The van der Waals surface area contributed by atoms with Crippen LogP contribution in [-0.4, -0.2) is 42.4 Å². The Labute approximate surface area is 120 Å². The van der Waals surface area contributed by atoms with Crippen molar-refractivity contribution in [2.45, 2.75) is 44.2 Å². The van der Waals surface area contributed by atoms with Crippen LogP contribution in [0.15, 0.2) is 22.8 Å². The van der Waals surface area contributed by atoms with Gasteiger partial charge in [0.2, 0.25) is 0 Å². The number of hydrogen-bond acceptors (Lipinski definition) is 4. The highest BCUT2D eigenvalue weighted by atomic mass is 16.5. The summed E-state index contributed by atoms with van der Waals surface area (Å²) < 4.78 is 10.9. The Balaban J connectivity index is 1.57. The zero-order valence-electron chi connectivity index (χ0n) is 12.0. The summed E-state index contributed by atoms with van der Waals surface area (Å²) in [5.41, 5.74) is 0. The van der Waals surface area contributed by atoms with Gasteiger partial charge in [-0.05, 0) is 37.3 Å². The molecule has 1 saturated heterocycles. The van der Waals surface area contributed by atoms with Gasteiger partial charge in [0.05, 0.1) is 19.5 Å². The van der Waals surface area contributed by atoms with Crippen LogP contribution in [0, 0.1) is 5.92 Å². The van der Waals surface area contributed by atoms with E-state index >= 15 is 0 Å². The van der Waals surface area contributed by atoms with E-state index in [1.54, 1.807) is 6.26 Å². The predicted molar refractivity (Wildman–Crippen MR) is 76.4 cm³/mol. The second-order valence-corrected chi connectivity index (χ2v) is 6.14. The van der Waals surface area contributed by atoms with Crippen molar-refractivity contribution >= 4 is 0 Å². The predicted octanol–water partition coefficient (Wildman–Crippen LogP) is 2.59. The molecule has 112 valence electrons. The summed E-state index contributed by atoms with van der Waals surface area (Å²) >= 11 is 0. The maximum absolute atomic E-state index is 10.3. The van der Waals surface area contributed by atoms with E-state index in [0.29, 0.717) is 18.2 Å². The molecule has 0 spiro atoms. The lowest BCUT2D eigenvalue weighted by atomic mass is 10.0. The molecule has 3 rings (SSSR count). The fourth-order valence-electron chi connectivity index (χ4n) is 3.53. The first-order chi connectivity index (χ1) is 9.83. The van der Waals surface area contributed by atoms with Crippen LogP contribution >= 0.6 is 0 Å². The molecule has 1 N–H and O–H groups in total. The van der Waals surface area contributed by atoms with E-state index in [0.717, 1.165) is 25.7 Å². The van der Waals surface area contributed by atoms with Gasteiger partial charge >= 0.3 is 0 Å². The Hall–Kier alpha value is -0.840. The lowest BCUT2D eigenvalue weighted by molar-refractivity contribution is -0.0340. The smallest absolute Gasteiger partial charge is 0.132 e. The lowest BCUT2D eigenvalue weighted by Gasteiger charge is -2.37. The average Bonchev–Trinajstić information content (AvgIpc) is 3.13. The fraction of sp³-hybridized carbons (Fsp3) is 0.750. The maximum Gasteiger partial charge on any atom is 0.132 e. The molecule has 0 aromatic carbocycles. The molecule has 1 aliphatic heterocycles. The van der Waals surface area contributed by atoms with Gasteiger partial charge < -0.3 is 14.3 Å². The zero-order chi connectivity index (χ0) is 13.8. The largest absolute Gasteiger partial charge is 0.467 e. The van der Waals surface area contributed by atoms with Crippen LogP contribution in [0.5, 0.6) is 0 Å². The minimum atomic E-state index is -0.525. The van der Waals surface area contributed by atoms with Crippen LogP contribution in [0.25, 0.3) is 0 Å². The Bertz CT molecular complexity index is 386. The molecule has 4 nitrogen and oxygen atoms in total. The molecule has 0 radical (unpaired) electrons. The lowest BCUT2D eigenvalue weighted by Crippen LogP contribution is -2.47. The number of aliphatic hydroxyl groups is 1. The Morgan fingerprint density at radius 2 is 2.20 bits per heavy atom. The number of aliphatic hydroxyl groups excluding tert-OH is 1. The molecule has 1 aromatic heterocycles. The van der Waals surface area contributed by atoms with E-state index in [-0.39, 0.29) is 0 Å². The van der Waals surface area contributed by atoms with Crippen molar-refractivity contribution in [2.24, 2.45) is 5.92 Å². The standard InChI is InChI=1S/C16H25NO3/c18-15(16-6-3-8-20-16)10-14-12-19-9-7-17(14)11-13-4-1-2-5-13/h3,6,8,13-15,18H,1-2,4-5,7,9-12H2. The number of ether oxygens (including phenoxy) is 1. The van der Waals surface area contributed by atoms with Crippen LogP contribution in [0.4, 0.5) is 0 Å². The minimum Gasteiger partial charge on any atom is -0.467 e. The number of hydrogen-bond donors (Lipinski definition) is 1. The summed E-state index contributed by atoms with van der Waals surface area (Å²) in [6, 6.07) is 3.98. The molecule has 1 aromatic rings. The van der Waals surface area contributed by atoms with Crippen LogP contribution in [0.2, 0.25) is 0 Å². The molecule has 2 aliphatic rings. The van der Waals surface area contributed by atoms with Crippen molar-refractivity contribution in [3.05, 3.63) is 24.2 Å². The van der Waals surface area contributed by atoms with Gasteiger partial charge in [-0.2, -0.15) is 0 Å². The van der Waals surface area contributed by atoms with Crippen LogP contribution in [0.1, 0.15) is 44.0 Å². The number of morpholine rings is 1. The minimum absolute atomic E-state index is 0.310. The first-order valence-electron chi connectivity index (χ1n) is 7.86. The van der Waals surface area contributed by atoms with Crippen molar-refractivity contribution < 1.29 is 14.3 Å². The monoisotopic (exact) mass is 279 g/mol. The molecule has 2 atom stereocenters. The molecule has 20 heavy (non-hydrogen) atoms. The van der Waals surface area contributed by atoms with Gasteiger partial charge in [0.1, 0.15) is 11.9 Å². The molecule has 2 heterocycles. The summed E-state index contributed by atoms with van der Waals surface area (Å²) in [4.78, 5) is 2.52. The number of furan rings is 1. The molecule has 4 heteroatoms. The molecular formula is C16H25NO3. The van der Waals surface area contributed by atoms with Gasteiger partial charge in [0.25, 0.3) is 0 Å². The molecular weight excluding hydrogens is 254 g/mol. The summed E-state index contributed by atoms with van der Waals surface area (Å²) in [7, 11) is 0. The third-order valence-electron chi connectivity index (χ3n) is 4.68. The first kappa shape index (κ1) is 14.1. The van der Waals surface area contributed by atoms with Crippen molar-refractivity contribution in [3.8, 4) is 0 Å². The Morgan fingerprint density at radius 1 is 1.35 bits per heavy atom. The molecule has 2 fully saturated rings. The van der Waals surface area contributed by atoms with E-state index in [4.69, 9.17) is 9.15 Å². The highest BCUT2D eigenvalue weighted by Crippen LogP contribution is 2.28. The van der Waals surface area contributed by atoms with Gasteiger partial charge in [-0.1, -0.05) is 12.8 Å². The van der Waals surface area contributed by atoms with Gasteiger partial charge in [-0.25, -0.2) is 0 Å². The van der Waals surface area contributed by atoms with Gasteiger partial charge in [-0.3, -0.25) is 4.90 Å². The van der Waals surface area contributed by atoms with E-state index in [9.17, 15) is 5.11 Å². The topological polar surface area (TPSA) is 45.8 Å². The van der Waals surface area contributed by atoms with Crippen LogP contribution < -0.4 is 0 Å². The third kappa shape index (κ3) is 3.43. The quantitative estimate of drug-likeness (QED) is 0.900. The van der Waals surface area contributed by atoms with Gasteiger partial charge in [0.15, 0.2) is 0 Å². The SMILES string of the molecule is OC(CC1COCCN1CC1CCCC1)c1ccco1. The molecule has 0 amide bonds. The number of nitrogens with zero attached hydrogens (tertiary/aromatic N) is 1. The number of rotatable bonds is 5. The van der Waals surface area contributed by atoms with Crippen LogP contribution in [-0.2, 0) is 4.74 Å². The van der Waals surface area contributed by atoms with E-state index in [1.807, 2.05) is 12.1 Å². The Kier molecular flexibility index (Phi) is 4.76. The Morgan fingerprint density at radius 3 is 2.95 bits per heavy atom. The molecule has 0 bridgehead atoms. The molecule has 2 unspecified atom stereocenters. The van der Waals surface area contributed by atoms with Crippen molar-refractivity contribution in [3.63, 3.8) is 0 Å². The normalized spacial score (nSPS) is 26.9. The van der Waals surface area contributed by atoms with E-state index < -0.39 is 6.10 Å². The second kappa shape index (κ2) is 6.74. The second-order valence-electron chi connectivity index (χ2n) is 6.14. The highest BCUT2D eigenvalue weighted by Gasteiger charge is 2.29. The van der Waals surface area contributed by atoms with Crippen molar-refractivity contribution in [2.75, 3.05) is 26.3 Å². The summed E-state index contributed by atoms with van der Waals surface area (Å²) in [5, 5.41) is 10.3. The fourth-order valence-corrected chi connectivity index (χ4v) is 3.53. The van der Waals surface area contributed by atoms with Gasteiger partial charge in [-0.15, -0.1) is 0 Å². The average molecular weight is 279 g/mol. The first-order valence-corrected chi connectivity index (χ1v) is 7.86. The summed E-state index contributed by atoms with van der Waals surface area (Å²) in [6.07, 6.45) is 7.29. The third-order valence-corrected chi connectivity index (χ3v) is 4.68. The summed E-state index contributed by atoms with van der Waals surface area (Å²) in [5.74, 6) is 1.51. The van der Waals surface area contributed by atoms with Gasteiger partial charge in [0, 0.05) is 19.1 Å². The zero-order valence-corrected chi connectivity index (χ0v) is 12.0. The highest BCUT2D eigenvalue weighted by molar-refractivity contribution is 5.02. The molecule has 1 aliphatic carbocycles.